The van der Waals surface area contributed by atoms with E-state index in [1.807, 2.05) is 18.2 Å². The topological polar surface area (TPSA) is 18.5 Å². The molecule has 0 amide bonds. The van der Waals surface area contributed by atoms with Gasteiger partial charge in [0.1, 0.15) is 20.9 Å². The van der Waals surface area contributed by atoms with Crippen molar-refractivity contribution in [1.29, 1.82) is 0 Å². The Morgan fingerprint density at radius 3 is 1.48 bits per heavy atom. The molecule has 3 aromatic rings. The maximum Gasteiger partial charge on any atom is 0.146 e. The molecule has 0 aliphatic carbocycles. The molecule has 1 unspecified atom stereocenters. The first-order chi connectivity index (χ1) is 14.2. The van der Waals surface area contributed by atoms with Crippen LogP contribution < -0.4 is 0 Å². The van der Waals surface area contributed by atoms with Crippen LogP contribution in [0.15, 0.2) is 91.0 Å². The summed E-state index contributed by atoms with van der Waals surface area (Å²) >= 11 is 12.0. The Morgan fingerprint density at radius 1 is 0.724 bits per heavy atom. The number of rotatable bonds is 10. The molecule has 0 aliphatic rings. The molecule has 0 spiro atoms. The number of alkyl halides is 2. The summed E-state index contributed by atoms with van der Waals surface area (Å²) in [5, 5.41) is 0. The van der Waals surface area contributed by atoms with Crippen LogP contribution in [0.4, 0.5) is 0 Å². The van der Waals surface area contributed by atoms with Crippen molar-refractivity contribution in [1.82, 2.24) is 0 Å². The van der Waals surface area contributed by atoms with Gasteiger partial charge < -0.3 is 9.16 Å². The predicted octanol–water partition coefficient (Wildman–Crippen LogP) is 5.24. The average Bonchev–Trinajstić information content (AvgIpc) is 2.78. The number of benzene rings is 3. The third-order valence-electron chi connectivity index (χ3n) is 5.08. The van der Waals surface area contributed by atoms with E-state index in [-0.39, 0.29) is 6.10 Å². The van der Waals surface area contributed by atoms with Crippen molar-refractivity contribution >= 4 is 33.7 Å². The van der Waals surface area contributed by atoms with E-state index in [1.165, 1.54) is 0 Å². The van der Waals surface area contributed by atoms with Crippen LogP contribution in [-0.2, 0) is 14.8 Å². The summed E-state index contributed by atoms with van der Waals surface area (Å²) in [6.45, 7) is 0.556. The van der Waals surface area contributed by atoms with Gasteiger partial charge in [-0.2, -0.15) is 0 Å². The third kappa shape index (κ3) is 5.30. The lowest BCUT2D eigenvalue weighted by Crippen LogP contribution is -2.33. The highest BCUT2D eigenvalue weighted by atomic mass is 35.5. The van der Waals surface area contributed by atoms with Crippen LogP contribution >= 0.6 is 23.2 Å². The number of ether oxygens (including phenoxy) is 1. The molecule has 5 heteroatoms. The minimum absolute atomic E-state index is 0.145. The maximum atomic E-state index is 6.73. The molecule has 0 saturated carbocycles. The molecular formula is C24H26Cl2O2Si. The number of halogens is 2. The fourth-order valence-corrected chi connectivity index (χ4v) is 4.94. The first-order valence-corrected chi connectivity index (χ1v) is 11.5. The molecular weight excluding hydrogens is 419 g/mol. The van der Waals surface area contributed by atoms with Gasteiger partial charge in [-0.15, -0.1) is 23.2 Å². The standard InChI is InChI=1S/C24H26Cl2O2Si/c25-23(26)22(28-29)17-10-18-27-24(19-11-4-1-5-12-19,20-13-6-2-7-14-20)21-15-8-3-9-16-21/h1-9,11-16,22-23H,10,17-18H2,29H3. The van der Waals surface area contributed by atoms with Crippen molar-refractivity contribution in [2.24, 2.45) is 0 Å². The van der Waals surface area contributed by atoms with Crippen molar-refractivity contribution in [2.75, 3.05) is 6.61 Å². The van der Waals surface area contributed by atoms with Crippen LogP contribution in [0.5, 0.6) is 0 Å². The largest absolute Gasteiger partial charge is 0.422 e. The van der Waals surface area contributed by atoms with Crippen LogP contribution in [0.2, 0.25) is 0 Å². The molecule has 1 atom stereocenters. The number of hydrogen-bond donors (Lipinski definition) is 0. The van der Waals surface area contributed by atoms with Gasteiger partial charge in [0, 0.05) is 6.61 Å². The first-order valence-electron chi connectivity index (χ1n) is 9.80. The van der Waals surface area contributed by atoms with Gasteiger partial charge in [0.25, 0.3) is 0 Å². The summed E-state index contributed by atoms with van der Waals surface area (Å²) in [5.41, 5.74) is 2.60. The molecule has 2 nitrogen and oxygen atoms in total. The van der Waals surface area contributed by atoms with Crippen LogP contribution in [0, 0.1) is 0 Å². The Bertz CT molecular complexity index is 748. The monoisotopic (exact) mass is 444 g/mol. The Kier molecular flexibility index (Phi) is 8.34. The van der Waals surface area contributed by atoms with Gasteiger partial charge >= 0.3 is 0 Å². The summed E-state index contributed by atoms with van der Waals surface area (Å²) in [5.74, 6) is 0. The second-order valence-corrected chi connectivity index (χ2v) is 8.51. The van der Waals surface area contributed by atoms with Crippen molar-refractivity contribution in [3.8, 4) is 0 Å². The van der Waals surface area contributed by atoms with Crippen LogP contribution in [-0.4, -0.2) is 28.0 Å². The fourth-order valence-electron chi connectivity index (χ4n) is 3.63. The number of hydrogen-bond acceptors (Lipinski definition) is 2. The molecule has 0 aliphatic heterocycles. The van der Waals surface area contributed by atoms with Gasteiger partial charge in [0.2, 0.25) is 0 Å². The van der Waals surface area contributed by atoms with E-state index in [0.29, 0.717) is 17.1 Å². The van der Waals surface area contributed by atoms with E-state index in [0.717, 1.165) is 29.5 Å². The fraction of sp³-hybridized carbons (Fsp3) is 0.250. The van der Waals surface area contributed by atoms with Crippen molar-refractivity contribution in [2.45, 2.75) is 29.4 Å². The summed E-state index contributed by atoms with van der Waals surface area (Å²) in [6.07, 6.45) is 1.42. The zero-order chi connectivity index (χ0) is 20.5. The highest BCUT2D eigenvalue weighted by Crippen LogP contribution is 2.40. The predicted molar refractivity (Wildman–Crippen MR) is 125 cm³/mol. The lowest BCUT2D eigenvalue weighted by Gasteiger charge is -2.36. The lowest BCUT2D eigenvalue weighted by atomic mass is 9.80. The van der Waals surface area contributed by atoms with Crippen LogP contribution in [0.1, 0.15) is 29.5 Å². The summed E-state index contributed by atoms with van der Waals surface area (Å²) in [7, 11) is 0.610. The summed E-state index contributed by atoms with van der Waals surface area (Å²) in [4.78, 5) is -0.519. The summed E-state index contributed by atoms with van der Waals surface area (Å²) in [6, 6.07) is 31.1. The van der Waals surface area contributed by atoms with Crippen LogP contribution in [0.3, 0.4) is 0 Å². The van der Waals surface area contributed by atoms with Gasteiger partial charge in [0.15, 0.2) is 0 Å². The van der Waals surface area contributed by atoms with Gasteiger partial charge in [-0.3, -0.25) is 0 Å². The molecule has 29 heavy (non-hydrogen) atoms. The molecule has 0 heterocycles. The second kappa shape index (κ2) is 11.0. The zero-order valence-corrected chi connectivity index (χ0v) is 20.0. The van der Waals surface area contributed by atoms with E-state index in [1.54, 1.807) is 0 Å². The SMILES string of the molecule is [SiH3]OC(CCCOC(c1ccccc1)(c1ccccc1)c1ccccc1)C(Cl)Cl. The molecule has 3 rings (SSSR count). The Hall–Kier alpha value is -1.62. The van der Waals surface area contributed by atoms with Crippen molar-refractivity contribution in [3.05, 3.63) is 108 Å². The lowest BCUT2D eigenvalue weighted by molar-refractivity contribution is 0.00763. The Morgan fingerprint density at radius 2 is 1.14 bits per heavy atom. The molecule has 0 aromatic heterocycles. The second-order valence-electron chi connectivity index (χ2n) is 6.88. The molecule has 152 valence electrons. The van der Waals surface area contributed by atoms with E-state index in [9.17, 15) is 0 Å². The van der Waals surface area contributed by atoms with Crippen molar-refractivity contribution in [3.63, 3.8) is 0 Å². The van der Waals surface area contributed by atoms with Gasteiger partial charge in [-0.05, 0) is 29.5 Å². The van der Waals surface area contributed by atoms with Crippen LogP contribution in [0.25, 0.3) is 0 Å². The molecule has 0 N–H and O–H groups in total. The Labute approximate surface area is 186 Å². The van der Waals surface area contributed by atoms with E-state index in [4.69, 9.17) is 32.4 Å². The third-order valence-corrected chi connectivity index (χ3v) is 6.24. The maximum absolute atomic E-state index is 6.73. The smallest absolute Gasteiger partial charge is 0.146 e. The molecule has 3 aromatic carbocycles. The van der Waals surface area contributed by atoms with Gasteiger partial charge in [-0.1, -0.05) is 91.0 Å². The molecule has 0 saturated heterocycles. The van der Waals surface area contributed by atoms with E-state index in [2.05, 4.69) is 72.8 Å². The van der Waals surface area contributed by atoms with E-state index >= 15 is 0 Å². The first kappa shape index (κ1) is 22.1. The average molecular weight is 445 g/mol. The Balaban J connectivity index is 1.97. The van der Waals surface area contributed by atoms with Gasteiger partial charge in [0.05, 0.1) is 6.10 Å². The van der Waals surface area contributed by atoms with E-state index < -0.39 is 10.4 Å². The molecule has 0 radical (unpaired) electrons. The highest BCUT2D eigenvalue weighted by Gasteiger charge is 2.37. The van der Waals surface area contributed by atoms with Crippen molar-refractivity contribution < 1.29 is 9.16 Å². The molecule has 0 bridgehead atoms. The minimum atomic E-state index is -0.692. The normalized spacial score (nSPS) is 12.9. The zero-order valence-electron chi connectivity index (χ0n) is 16.5. The minimum Gasteiger partial charge on any atom is -0.422 e. The van der Waals surface area contributed by atoms with Gasteiger partial charge in [-0.25, -0.2) is 0 Å². The molecule has 0 fully saturated rings. The summed E-state index contributed by atoms with van der Waals surface area (Å²) < 4.78 is 12.2. The quantitative estimate of drug-likeness (QED) is 0.184. The highest BCUT2D eigenvalue weighted by molar-refractivity contribution is 6.44.